The third kappa shape index (κ3) is 3.79. The molecule has 1 atom stereocenters. The number of carbonyl (C=O) groups is 1. The molecule has 1 rings (SSSR count). The molecule has 0 aromatic carbocycles. The molecule has 0 aliphatic heterocycles. The number of rotatable bonds is 4. The molecule has 0 bridgehead atoms. The predicted octanol–water partition coefficient (Wildman–Crippen LogP) is 2.08. The van der Waals surface area contributed by atoms with Gasteiger partial charge in [0.05, 0.1) is 5.25 Å². The predicted molar refractivity (Wildman–Crippen MR) is 56.2 cm³/mol. The third-order valence-corrected chi connectivity index (χ3v) is 2.63. The number of hydrogen-bond acceptors (Lipinski definition) is 3. The highest BCUT2D eigenvalue weighted by Crippen LogP contribution is 2.10. The topological polar surface area (TPSA) is 30.0 Å². The van der Waals surface area contributed by atoms with E-state index in [1.807, 2.05) is 12.1 Å². The van der Waals surface area contributed by atoms with Gasteiger partial charge >= 0.3 is 0 Å². The van der Waals surface area contributed by atoms with Crippen LogP contribution in [0.4, 0.5) is 0 Å². The summed E-state index contributed by atoms with van der Waals surface area (Å²) in [6, 6.07) is 3.83. The van der Waals surface area contributed by atoms with Crippen molar-refractivity contribution in [3.8, 4) is 0 Å². The van der Waals surface area contributed by atoms with Crippen molar-refractivity contribution in [2.24, 2.45) is 0 Å². The summed E-state index contributed by atoms with van der Waals surface area (Å²) in [6.45, 7) is 0. The second-order valence-electron chi connectivity index (χ2n) is 2.71. The molecule has 0 fully saturated rings. The van der Waals surface area contributed by atoms with E-state index in [2.05, 4.69) is 17.6 Å². The van der Waals surface area contributed by atoms with Crippen molar-refractivity contribution < 1.29 is 4.79 Å². The highest BCUT2D eigenvalue weighted by atomic mass is 35.5. The van der Waals surface area contributed by atoms with E-state index >= 15 is 0 Å². The molecule has 0 saturated heterocycles. The molecule has 0 spiro atoms. The molecule has 0 aliphatic carbocycles. The van der Waals surface area contributed by atoms with Crippen LogP contribution in [-0.2, 0) is 11.2 Å². The normalized spacial score (nSPS) is 12.5. The molecule has 1 aromatic rings. The summed E-state index contributed by atoms with van der Waals surface area (Å²) in [5, 5.41) is -0.757. The molecule has 0 saturated carbocycles. The van der Waals surface area contributed by atoms with Crippen molar-refractivity contribution in [3.05, 3.63) is 30.1 Å². The number of hydrogen-bond donors (Lipinski definition) is 1. The smallest absolute Gasteiger partial charge is 0.234 e. The molecule has 0 aliphatic rings. The Labute approximate surface area is 87.7 Å². The van der Waals surface area contributed by atoms with Crippen LogP contribution in [0.1, 0.15) is 12.0 Å². The first kappa shape index (κ1) is 10.5. The van der Waals surface area contributed by atoms with Crippen LogP contribution in [0.2, 0.25) is 0 Å². The van der Waals surface area contributed by atoms with Gasteiger partial charge in [0.1, 0.15) is 0 Å². The molecule has 4 heteroatoms. The van der Waals surface area contributed by atoms with Crippen LogP contribution < -0.4 is 0 Å². The highest BCUT2D eigenvalue weighted by molar-refractivity contribution is 7.82. The average molecular weight is 216 g/mol. The van der Waals surface area contributed by atoms with E-state index in [9.17, 15) is 4.79 Å². The van der Waals surface area contributed by atoms with Crippen molar-refractivity contribution in [3.63, 3.8) is 0 Å². The van der Waals surface area contributed by atoms with Crippen LogP contribution in [0.25, 0.3) is 0 Å². The Bertz CT molecular complexity index is 278. The first-order valence-corrected chi connectivity index (χ1v) is 4.86. The van der Waals surface area contributed by atoms with Gasteiger partial charge < -0.3 is 0 Å². The zero-order valence-electron chi connectivity index (χ0n) is 6.98. The van der Waals surface area contributed by atoms with E-state index in [1.54, 1.807) is 12.4 Å². The molecular formula is C9H10ClNOS. The van der Waals surface area contributed by atoms with E-state index in [0.29, 0.717) is 6.42 Å². The van der Waals surface area contributed by atoms with Gasteiger partial charge in [0, 0.05) is 12.4 Å². The van der Waals surface area contributed by atoms with Crippen molar-refractivity contribution in [1.82, 2.24) is 4.98 Å². The molecule has 70 valence electrons. The lowest BCUT2D eigenvalue weighted by molar-refractivity contribution is -0.111. The Morgan fingerprint density at radius 3 is 2.69 bits per heavy atom. The van der Waals surface area contributed by atoms with Gasteiger partial charge in [-0.2, -0.15) is 12.6 Å². The maximum Gasteiger partial charge on any atom is 0.234 e. The standard InChI is InChI=1S/C9H10ClNOS/c10-9(12)8(13)2-1-7-3-5-11-6-4-7/h3-6,8,13H,1-2H2. The summed E-state index contributed by atoms with van der Waals surface area (Å²) in [7, 11) is 0. The number of thiol groups is 1. The van der Waals surface area contributed by atoms with Crippen LogP contribution in [0.3, 0.4) is 0 Å². The SMILES string of the molecule is O=C(Cl)C(S)CCc1ccncc1. The number of carbonyl (C=O) groups excluding carboxylic acids is 1. The van der Waals surface area contributed by atoms with Crippen molar-refractivity contribution in [1.29, 1.82) is 0 Å². The number of halogens is 1. The van der Waals surface area contributed by atoms with Gasteiger partial charge in [-0.05, 0) is 42.1 Å². The van der Waals surface area contributed by atoms with Gasteiger partial charge in [0.25, 0.3) is 0 Å². The van der Waals surface area contributed by atoms with Gasteiger partial charge in [-0.3, -0.25) is 9.78 Å². The summed E-state index contributed by atoms with van der Waals surface area (Å²) in [5.41, 5.74) is 1.15. The molecule has 0 amide bonds. The molecule has 13 heavy (non-hydrogen) atoms. The summed E-state index contributed by atoms with van der Waals surface area (Å²) in [4.78, 5) is 14.5. The minimum Gasteiger partial charge on any atom is -0.280 e. The van der Waals surface area contributed by atoms with Gasteiger partial charge in [0.2, 0.25) is 5.24 Å². The van der Waals surface area contributed by atoms with Gasteiger partial charge in [-0.15, -0.1) is 0 Å². The summed E-state index contributed by atoms with van der Waals surface area (Å²) in [5.74, 6) is 0. The van der Waals surface area contributed by atoms with Gasteiger partial charge in [0.15, 0.2) is 0 Å². The third-order valence-electron chi connectivity index (χ3n) is 1.72. The molecule has 1 unspecified atom stereocenters. The Morgan fingerprint density at radius 1 is 1.54 bits per heavy atom. The summed E-state index contributed by atoms with van der Waals surface area (Å²) < 4.78 is 0. The molecule has 1 aromatic heterocycles. The number of aryl methyl sites for hydroxylation is 1. The molecular weight excluding hydrogens is 206 g/mol. The van der Waals surface area contributed by atoms with Crippen molar-refractivity contribution in [2.75, 3.05) is 0 Å². The largest absolute Gasteiger partial charge is 0.280 e. The lowest BCUT2D eigenvalue weighted by Gasteiger charge is -2.04. The van der Waals surface area contributed by atoms with E-state index in [4.69, 9.17) is 11.6 Å². The molecule has 1 heterocycles. The number of nitrogens with zero attached hydrogens (tertiary/aromatic N) is 1. The maximum absolute atomic E-state index is 10.6. The fourth-order valence-electron chi connectivity index (χ4n) is 0.966. The Morgan fingerprint density at radius 2 is 2.15 bits per heavy atom. The fourth-order valence-corrected chi connectivity index (χ4v) is 1.20. The molecule has 2 nitrogen and oxygen atoms in total. The van der Waals surface area contributed by atoms with Crippen LogP contribution in [0, 0.1) is 0 Å². The summed E-state index contributed by atoms with van der Waals surface area (Å²) in [6.07, 6.45) is 4.92. The first-order valence-electron chi connectivity index (χ1n) is 3.96. The van der Waals surface area contributed by atoms with Crippen molar-refractivity contribution >= 4 is 29.5 Å². The first-order chi connectivity index (χ1) is 6.20. The van der Waals surface area contributed by atoms with Crippen molar-refractivity contribution in [2.45, 2.75) is 18.1 Å². The quantitative estimate of drug-likeness (QED) is 0.616. The lowest BCUT2D eigenvalue weighted by Crippen LogP contribution is -2.08. The Kier molecular flexibility index (Phi) is 4.25. The Hall–Kier alpha value is -0.540. The van der Waals surface area contributed by atoms with E-state index < -0.39 is 5.24 Å². The van der Waals surface area contributed by atoms with Gasteiger partial charge in [-0.25, -0.2) is 0 Å². The summed E-state index contributed by atoms with van der Waals surface area (Å²) >= 11 is 9.32. The number of aromatic nitrogens is 1. The van der Waals surface area contributed by atoms with Crippen LogP contribution >= 0.6 is 24.2 Å². The van der Waals surface area contributed by atoms with Crippen LogP contribution in [0.15, 0.2) is 24.5 Å². The van der Waals surface area contributed by atoms with E-state index in [1.165, 1.54) is 0 Å². The second-order valence-corrected chi connectivity index (χ2v) is 3.71. The highest BCUT2D eigenvalue weighted by Gasteiger charge is 2.10. The Balaban J connectivity index is 2.39. The fraction of sp³-hybridized carbons (Fsp3) is 0.333. The van der Waals surface area contributed by atoms with Gasteiger partial charge in [-0.1, -0.05) is 0 Å². The van der Waals surface area contributed by atoms with E-state index in [-0.39, 0.29) is 5.25 Å². The monoisotopic (exact) mass is 215 g/mol. The molecule has 0 radical (unpaired) electrons. The molecule has 0 N–H and O–H groups in total. The minimum atomic E-state index is -0.391. The average Bonchev–Trinajstić information content (AvgIpc) is 2.15. The second kappa shape index (κ2) is 5.25. The van der Waals surface area contributed by atoms with E-state index in [0.717, 1.165) is 12.0 Å². The maximum atomic E-state index is 10.6. The zero-order valence-corrected chi connectivity index (χ0v) is 8.63. The minimum absolute atomic E-state index is 0.366. The number of pyridine rings is 1. The zero-order chi connectivity index (χ0) is 9.68. The van der Waals surface area contributed by atoms with Crippen LogP contribution in [0.5, 0.6) is 0 Å². The van der Waals surface area contributed by atoms with Crippen LogP contribution in [-0.4, -0.2) is 15.5 Å². The lowest BCUT2D eigenvalue weighted by atomic mass is 10.1.